The Morgan fingerprint density at radius 1 is 1.19 bits per heavy atom. The average molecular weight is 393 g/mol. The van der Waals surface area contributed by atoms with Crippen molar-refractivity contribution in [1.29, 1.82) is 0 Å². The minimum absolute atomic E-state index is 0.165. The van der Waals surface area contributed by atoms with Gasteiger partial charge in [0.2, 0.25) is 0 Å². The highest BCUT2D eigenvalue weighted by Crippen LogP contribution is 2.20. The molecule has 0 heterocycles. The summed E-state index contributed by atoms with van der Waals surface area (Å²) in [5.41, 5.74) is 2.43. The van der Waals surface area contributed by atoms with Gasteiger partial charge in [0.1, 0.15) is 24.0 Å². The predicted octanol–water partition coefficient (Wildman–Crippen LogP) is 4.14. The first-order chi connectivity index (χ1) is 12.5. The third kappa shape index (κ3) is 5.51. The maximum atomic E-state index is 12.1. The number of oxime groups is 1. The zero-order valence-electron chi connectivity index (χ0n) is 14.3. The van der Waals surface area contributed by atoms with Crippen molar-refractivity contribution in [3.8, 4) is 5.75 Å². The van der Waals surface area contributed by atoms with Gasteiger partial charge in [0.05, 0.1) is 0 Å². The molecule has 136 valence electrons. The molecule has 2 rings (SSSR count). The van der Waals surface area contributed by atoms with Gasteiger partial charge in [0.15, 0.2) is 5.71 Å². The van der Waals surface area contributed by atoms with E-state index in [9.17, 15) is 4.79 Å². The molecule has 2 aromatic carbocycles. The summed E-state index contributed by atoms with van der Waals surface area (Å²) in [6.45, 7) is 0.248. The van der Waals surface area contributed by atoms with Crippen molar-refractivity contribution in [2.24, 2.45) is 5.16 Å². The molecular weight excluding hydrogens is 375 g/mol. The Labute approximate surface area is 162 Å². The lowest BCUT2D eigenvalue weighted by molar-refractivity contribution is -0.114. The Bertz CT molecular complexity index is 831. The van der Waals surface area contributed by atoms with E-state index in [0.29, 0.717) is 11.3 Å². The summed E-state index contributed by atoms with van der Waals surface area (Å²) in [4.78, 5) is 16.9. The van der Waals surface area contributed by atoms with Crippen molar-refractivity contribution >= 4 is 40.9 Å². The number of carbonyl (C=O) groups excluding carboxylic acids is 1. The predicted molar refractivity (Wildman–Crippen MR) is 105 cm³/mol. The topological polar surface area (TPSA) is 59.9 Å². The second-order valence-electron chi connectivity index (χ2n) is 5.15. The van der Waals surface area contributed by atoms with Crippen LogP contribution in [0.4, 0.5) is 0 Å². The summed E-state index contributed by atoms with van der Waals surface area (Å²) >= 11 is 11.4. The minimum atomic E-state index is -0.344. The molecule has 2 aromatic rings. The largest absolute Gasteiger partial charge is 0.489 e. The molecule has 0 radical (unpaired) electrons. The molecule has 0 spiro atoms. The summed E-state index contributed by atoms with van der Waals surface area (Å²) < 4.78 is 6.02. The van der Waals surface area contributed by atoms with E-state index in [4.69, 9.17) is 32.8 Å². The van der Waals surface area contributed by atoms with Crippen LogP contribution in [0.15, 0.2) is 58.2 Å². The summed E-state index contributed by atoms with van der Waals surface area (Å²) in [6.07, 6.45) is 1.62. The number of nitrogens with zero attached hydrogens (tertiary/aromatic N) is 1. The molecule has 0 saturated heterocycles. The van der Waals surface area contributed by atoms with E-state index in [0.717, 1.165) is 11.1 Å². The molecule has 0 bridgehead atoms. The molecule has 0 aliphatic carbocycles. The first kappa shape index (κ1) is 19.8. The zero-order chi connectivity index (χ0) is 18.9. The summed E-state index contributed by atoms with van der Waals surface area (Å²) in [7, 11) is 2.93. The van der Waals surface area contributed by atoms with Crippen LogP contribution < -0.4 is 10.1 Å². The summed E-state index contributed by atoms with van der Waals surface area (Å²) in [6, 6.07) is 14.7. The lowest BCUT2D eigenvalue weighted by Crippen LogP contribution is -2.29. The van der Waals surface area contributed by atoms with E-state index in [1.165, 1.54) is 14.2 Å². The first-order valence-corrected chi connectivity index (χ1v) is 8.47. The van der Waals surface area contributed by atoms with E-state index in [-0.39, 0.29) is 22.7 Å². The molecule has 0 aliphatic rings. The molecule has 0 aromatic heterocycles. The lowest BCUT2D eigenvalue weighted by Gasteiger charge is -2.12. The van der Waals surface area contributed by atoms with Gasteiger partial charge in [-0.1, -0.05) is 64.8 Å². The first-order valence-electron chi connectivity index (χ1n) is 7.72. The van der Waals surface area contributed by atoms with Gasteiger partial charge in [0.25, 0.3) is 5.91 Å². The van der Waals surface area contributed by atoms with Crippen molar-refractivity contribution in [3.05, 3.63) is 69.7 Å². The third-order valence-corrected chi connectivity index (χ3v) is 3.64. The van der Waals surface area contributed by atoms with E-state index < -0.39 is 0 Å². The van der Waals surface area contributed by atoms with Gasteiger partial charge in [0, 0.05) is 12.6 Å². The molecule has 26 heavy (non-hydrogen) atoms. The molecule has 0 aliphatic heterocycles. The maximum absolute atomic E-state index is 12.1. The van der Waals surface area contributed by atoms with Crippen LogP contribution in [0.2, 0.25) is 0 Å². The molecule has 0 atom stereocenters. The monoisotopic (exact) mass is 392 g/mol. The Balaban J connectivity index is 2.25. The Morgan fingerprint density at radius 3 is 2.65 bits per heavy atom. The van der Waals surface area contributed by atoms with Crippen LogP contribution in [0.1, 0.15) is 16.7 Å². The molecule has 5 nitrogen and oxygen atoms in total. The highest BCUT2D eigenvalue weighted by atomic mass is 35.5. The fourth-order valence-corrected chi connectivity index (χ4v) is 2.53. The van der Waals surface area contributed by atoms with E-state index >= 15 is 0 Å². The van der Waals surface area contributed by atoms with E-state index in [1.54, 1.807) is 12.1 Å². The number of halogens is 2. The van der Waals surface area contributed by atoms with Crippen LogP contribution in [0, 0.1) is 0 Å². The number of hydrogen-bond acceptors (Lipinski definition) is 4. The van der Waals surface area contributed by atoms with Crippen molar-refractivity contribution in [3.63, 3.8) is 0 Å². The number of hydrogen-bond donors (Lipinski definition) is 1. The highest BCUT2D eigenvalue weighted by molar-refractivity contribution is 6.57. The maximum Gasteiger partial charge on any atom is 0.273 e. The number of benzene rings is 2. The van der Waals surface area contributed by atoms with Crippen LogP contribution in [0.25, 0.3) is 6.08 Å². The Morgan fingerprint density at radius 2 is 1.96 bits per heavy atom. The summed E-state index contributed by atoms with van der Waals surface area (Å²) in [5.74, 6) is 0.302. The Hall–Kier alpha value is -2.50. The third-order valence-electron chi connectivity index (χ3n) is 3.43. The fraction of sp³-hybridized carbons (Fsp3) is 0.158. The van der Waals surface area contributed by atoms with Gasteiger partial charge >= 0.3 is 0 Å². The smallest absolute Gasteiger partial charge is 0.273 e. The SMILES string of the molecule is CNC(=O)/C(=N\OC)c1ccccc1COc1cccc(C=C(Cl)Cl)c1. The second kappa shape index (κ2) is 9.85. The number of likely N-dealkylation sites (N-methyl/N-ethyl adjacent to an activating group) is 1. The minimum Gasteiger partial charge on any atom is -0.489 e. The molecule has 1 amide bonds. The quantitative estimate of drug-likeness (QED) is 0.568. The lowest BCUT2D eigenvalue weighted by atomic mass is 10.0. The van der Waals surface area contributed by atoms with Crippen molar-refractivity contribution < 1.29 is 14.4 Å². The van der Waals surface area contributed by atoms with Gasteiger partial charge in [-0.15, -0.1) is 0 Å². The molecule has 0 unspecified atom stereocenters. The number of nitrogens with one attached hydrogen (secondary N) is 1. The van der Waals surface area contributed by atoms with Gasteiger partial charge in [-0.25, -0.2) is 0 Å². The van der Waals surface area contributed by atoms with Crippen LogP contribution in [-0.2, 0) is 16.2 Å². The van der Waals surface area contributed by atoms with Crippen LogP contribution in [-0.4, -0.2) is 25.8 Å². The highest BCUT2D eigenvalue weighted by Gasteiger charge is 2.17. The van der Waals surface area contributed by atoms with Crippen molar-refractivity contribution in [2.45, 2.75) is 6.61 Å². The van der Waals surface area contributed by atoms with Crippen molar-refractivity contribution in [2.75, 3.05) is 14.2 Å². The van der Waals surface area contributed by atoms with Gasteiger partial charge < -0.3 is 14.9 Å². The van der Waals surface area contributed by atoms with E-state index in [2.05, 4.69) is 10.5 Å². The van der Waals surface area contributed by atoms with E-state index in [1.807, 2.05) is 42.5 Å². The van der Waals surface area contributed by atoms with Crippen LogP contribution in [0.5, 0.6) is 5.75 Å². The number of ether oxygens (including phenoxy) is 1. The average Bonchev–Trinajstić information content (AvgIpc) is 2.64. The second-order valence-corrected chi connectivity index (χ2v) is 6.16. The molecule has 7 heteroatoms. The van der Waals surface area contributed by atoms with Crippen LogP contribution in [0.3, 0.4) is 0 Å². The number of rotatable bonds is 7. The zero-order valence-corrected chi connectivity index (χ0v) is 15.8. The molecule has 0 saturated carbocycles. The molecule has 1 N–H and O–H groups in total. The fourth-order valence-electron chi connectivity index (χ4n) is 2.28. The Kier molecular flexibility index (Phi) is 7.51. The van der Waals surface area contributed by atoms with Crippen LogP contribution >= 0.6 is 23.2 Å². The van der Waals surface area contributed by atoms with Gasteiger partial charge in [-0.05, 0) is 29.3 Å². The standard InChI is InChI=1S/C19H18Cl2N2O3/c1-22-19(24)18(23-25-2)16-9-4-3-7-14(16)12-26-15-8-5-6-13(10-15)11-17(20)21/h3-11H,12H2,1-2H3,(H,22,24)/b23-18-. The normalized spacial score (nSPS) is 10.8. The van der Waals surface area contributed by atoms with Gasteiger partial charge in [-0.3, -0.25) is 4.79 Å². The van der Waals surface area contributed by atoms with Gasteiger partial charge in [-0.2, -0.15) is 0 Å². The summed E-state index contributed by atoms with van der Waals surface area (Å²) in [5, 5.41) is 6.39. The number of amides is 1. The van der Waals surface area contributed by atoms with Crippen molar-refractivity contribution in [1.82, 2.24) is 5.32 Å². The number of carbonyl (C=O) groups is 1. The molecular formula is C19H18Cl2N2O3. The molecule has 0 fully saturated rings.